The van der Waals surface area contributed by atoms with Gasteiger partial charge in [-0.3, -0.25) is 9.69 Å². The number of benzene rings is 1. The Morgan fingerprint density at radius 3 is 2.45 bits per heavy atom. The molecule has 1 heterocycles. The highest BCUT2D eigenvalue weighted by atomic mass is 16.4. The smallest absolute Gasteiger partial charge is 0.408 e. The van der Waals surface area contributed by atoms with E-state index in [1.807, 2.05) is 18.2 Å². The molecule has 0 saturated carbocycles. The van der Waals surface area contributed by atoms with Gasteiger partial charge in [-0.2, -0.15) is 0 Å². The van der Waals surface area contributed by atoms with E-state index in [1.165, 1.54) is 4.90 Å². The number of hydrogen-bond acceptors (Lipinski definition) is 3. The molecule has 0 bridgehead atoms. The maximum Gasteiger partial charge on any atom is 0.408 e. The summed E-state index contributed by atoms with van der Waals surface area (Å²) >= 11 is 0. The number of hydrogen-bond donors (Lipinski definition) is 3. The third kappa shape index (κ3) is 2.68. The van der Waals surface area contributed by atoms with E-state index in [0.29, 0.717) is 5.69 Å². The minimum atomic E-state index is -1.11. The van der Waals surface area contributed by atoms with Crippen LogP contribution in [0.3, 0.4) is 0 Å². The number of anilines is 2. The lowest BCUT2D eigenvalue weighted by Crippen LogP contribution is -2.57. The number of nitrogens with zero attached hydrogens (tertiary/aromatic N) is 1. The highest BCUT2D eigenvalue weighted by Gasteiger charge is 2.38. The average molecular weight is 277 g/mol. The summed E-state index contributed by atoms with van der Waals surface area (Å²) in [6, 6.07) is 6.53. The molecule has 6 heteroatoms. The largest absolute Gasteiger partial charge is 0.465 e. The second-order valence-electron chi connectivity index (χ2n) is 5.75. The van der Waals surface area contributed by atoms with Gasteiger partial charge in [0.2, 0.25) is 5.91 Å². The van der Waals surface area contributed by atoms with Crippen molar-refractivity contribution in [3.8, 4) is 0 Å². The fourth-order valence-electron chi connectivity index (χ4n) is 2.36. The zero-order valence-electron chi connectivity index (χ0n) is 11.8. The first kappa shape index (κ1) is 14.2. The highest BCUT2D eigenvalue weighted by molar-refractivity contribution is 6.00. The molecule has 20 heavy (non-hydrogen) atoms. The number of carbonyl (C=O) groups excluding carboxylic acids is 1. The van der Waals surface area contributed by atoms with Crippen molar-refractivity contribution in [2.75, 3.05) is 17.2 Å². The molecule has 0 unspecified atom stereocenters. The number of fused-ring (bicyclic) bond motifs is 1. The molecule has 108 valence electrons. The zero-order valence-corrected chi connectivity index (χ0v) is 11.8. The van der Waals surface area contributed by atoms with Gasteiger partial charge in [-0.25, -0.2) is 4.79 Å². The van der Waals surface area contributed by atoms with Crippen LogP contribution < -0.4 is 10.6 Å². The molecule has 6 nitrogen and oxygen atoms in total. The molecule has 1 aromatic carbocycles. The fourth-order valence-corrected chi connectivity index (χ4v) is 2.36. The van der Waals surface area contributed by atoms with Crippen LogP contribution in [0.2, 0.25) is 0 Å². The van der Waals surface area contributed by atoms with Crippen molar-refractivity contribution in [1.29, 1.82) is 0 Å². The number of nitrogens with one attached hydrogen (secondary N) is 2. The molecular formula is C14H19N3O3. The second-order valence-corrected chi connectivity index (χ2v) is 5.75. The van der Waals surface area contributed by atoms with Gasteiger partial charge in [0, 0.05) is 12.1 Å². The Kier molecular flexibility index (Phi) is 3.57. The van der Waals surface area contributed by atoms with E-state index < -0.39 is 17.7 Å². The molecule has 0 fully saturated rings. The lowest BCUT2D eigenvalue weighted by molar-refractivity contribution is -0.121. The second kappa shape index (κ2) is 5.03. The molecule has 2 amide bonds. The normalized spacial score (nSPS) is 18.4. The molecule has 0 radical (unpaired) electrons. The van der Waals surface area contributed by atoms with Gasteiger partial charge in [0.25, 0.3) is 0 Å². The standard InChI is InChI=1S/C14H19N3O3/c1-14(2,3)17(13(19)20)11-8-15-9-6-4-5-7-10(9)16-12(11)18/h4-7,11,15H,8H2,1-3H3,(H,16,18)(H,19,20)/t11-/m1/s1. The van der Waals surface area contributed by atoms with E-state index >= 15 is 0 Å². The fraction of sp³-hybridized carbons (Fsp3) is 0.429. The van der Waals surface area contributed by atoms with Crippen LogP contribution in [-0.4, -0.2) is 40.1 Å². The Morgan fingerprint density at radius 2 is 1.90 bits per heavy atom. The van der Waals surface area contributed by atoms with Gasteiger partial charge in [0.15, 0.2) is 0 Å². The molecule has 1 aliphatic rings. The molecule has 1 aliphatic heterocycles. The topological polar surface area (TPSA) is 81.7 Å². The van der Waals surface area contributed by atoms with Gasteiger partial charge in [-0.15, -0.1) is 0 Å². The first-order valence-electron chi connectivity index (χ1n) is 6.47. The predicted octanol–water partition coefficient (Wildman–Crippen LogP) is 2.20. The summed E-state index contributed by atoms with van der Waals surface area (Å²) in [4.78, 5) is 25.0. The van der Waals surface area contributed by atoms with Crippen molar-refractivity contribution in [3.05, 3.63) is 24.3 Å². The van der Waals surface area contributed by atoms with Crippen LogP contribution in [0.15, 0.2) is 24.3 Å². The molecule has 0 spiro atoms. The van der Waals surface area contributed by atoms with Gasteiger partial charge in [-0.1, -0.05) is 12.1 Å². The first-order chi connectivity index (χ1) is 9.30. The maximum atomic E-state index is 12.3. The summed E-state index contributed by atoms with van der Waals surface area (Å²) in [7, 11) is 0. The monoisotopic (exact) mass is 277 g/mol. The van der Waals surface area contributed by atoms with Crippen LogP contribution in [0.25, 0.3) is 0 Å². The number of amides is 2. The summed E-state index contributed by atoms with van der Waals surface area (Å²) in [5.74, 6) is -0.320. The van der Waals surface area contributed by atoms with Crippen molar-refractivity contribution in [2.24, 2.45) is 0 Å². The first-order valence-corrected chi connectivity index (χ1v) is 6.47. The molecule has 2 rings (SSSR count). The third-order valence-corrected chi connectivity index (χ3v) is 3.21. The summed E-state index contributed by atoms with van der Waals surface area (Å²) in [5.41, 5.74) is 0.799. The van der Waals surface area contributed by atoms with Crippen LogP contribution in [-0.2, 0) is 4.79 Å². The molecule has 0 aliphatic carbocycles. The van der Waals surface area contributed by atoms with E-state index in [9.17, 15) is 14.7 Å². The van der Waals surface area contributed by atoms with E-state index in [1.54, 1.807) is 26.8 Å². The Morgan fingerprint density at radius 1 is 1.30 bits per heavy atom. The van der Waals surface area contributed by atoms with Crippen LogP contribution in [0, 0.1) is 0 Å². The van der Waals surface area contributed by atoms with Gasteiger partial charge >= 0.3 is 6.09 Å². The van der Waals surface area contributed by atoms with Gasteiger partial charge in [-0.05, 0) is 32.9 Å². The minimum Gasteiger partial charge on any atom is -0.465 e. The predicted molar refractivity (Wildman–Crippen MR) is 77.0 cm³/mol. The van der Waals surface area contributed by atoms with E-state index in [0.717, 1.165) is 5.69 Å². The number of carbonyl (C=O) groups is 2. The van der Waals surface area contributed by atoms with E-state index in [-0.39, 0.29) is 12.5 Å². The molecule has 3 N–H and O–H groups in total. The van der Waals surface area contributed by atoms with Crippen molar-refractivity contribution in [3.63, 3.8) is 0 Å². The lowest BCUT2D eigenvalue weighted by atomic mass is 10.0. The van der Waals surface area contributed by atoms with Gasteiger partial charge in [0.05, 0.1) is 11.4 Å². The Labute approximate surface area is 117 Å². The molecule has 0 saturated heterocycles. The Bertz CT molecular complexity index is 537. The van der Waals surface area contributed by atoms with Crippen molar-refractivity contribution < 1.29 is 14.7 Å². The number of rotatable bonds is 1. The number of para-hydroxylation sites is 2. The van der Waals surface area contributed by atoms with Crippen molar-refractivity contribution >= 4 is 23.4 Å². The molecular weight excluding hydrogens is 258 g/mol. The van der Waals surface area contributed by atoms with Gasteiger partial charge < -0.3 is 15.7 Å². The van der Waals surface area contributed by atoms with Crippen LogP contribution in [0.5, 0.6) is 0 Å². The Hall–Kier alpha value is -2.24. The lowest BCUT2D eigenvalue weighted by Gasteiger charge is -2.38. The molecule has 1 aromatic rings. The maximum absolute atomic E-state index is 12.3. The summed E-state index contributed by atoms with van der Waals surface area (Å²) in [6.07, 6.45) is -1.11. The van der Waals surface area contributed by atoms with Gasteiger partial charge in [0.1, 0.15) is 6.04 Å². The molecule has 1 atom stereocenters. The minimum absolute atomic E-state index is 0.242. The van der Waals surface area contributed by atoms with Crippen molar-refractivity contribution in [2.45, 2.75) is 32.4 Å². The highest BCUT2D eigenvalue weighted by Crippen LogP contribution is 2.26. The zero-order chi connectivity index (χ0) is 14.9. The number of carboxylic acid groups (broad SMARTS) is 1. The molecule has 0 aromatic heterocycles. The van der Waals surface area contributed by atoms with Crippen LogP contribution in [0.1, 0.15) is 20.8 Å². The van der Waals surface area contributed by atoms with E-state index in [2.05, 4.69) is 10.6 Å². The summed E-state index contributed by atoms with van der Waals surface area (Å²) in [5, 5.41) is 15.3. The average Bonchev–Trinajstić information content (AvgIpc) is 2.47. The summed E-state index contributed by atoms with van der Waals surface area (Å²) < 4.78 is 0. The van der Waals surface area contributed by atoms with E-state index in [4.69, 9.17) is 0 Å². The quantitative estimate of drug-likeness (QED) is 0.735. The third-order valence-electron chi connectivity index (χ3n) is 3.21. The Balaban J connectivity index is 2.31. The summed E-state index contributed by atoms with van der Waals surface area (Å²) in [6.45, 7) is 5.55. The van der Waals surface area contributed by atoms with Crippen molar-refractivity contribution in [1.82, 2.24) is 4.90 Å². The van der Waals surface area contributed by atoms with Crippen LogP contribution in [0.4, 0.5) is 16.2 Å². The SMILES string of the molecule is CC(C)(C)N(C(=O)O)[C@@H]1CNc2ccccc2NC1=O. The van der Waals surface area contributed by atoms with Crippen LogP contribution >= 0.6 is 0 Å².